The van der Waals surface area contributed by atoms with Gasteiger partial charge in [-0.15, -0.1) is 0 Å². The Labute approximate surface area is 125 Å². The van der Waals surface area contributed by atoms with E-state index in [9.17, 15) is 0 Å². The van der Waals surface area contributed by atoms with Gasteiger partial charge in [0.2, 0.25) is 0 Å². The molecule has 0 spiro atoms. The molecule has 0 nitrogen and oxygen atoms in total. The second-order valence-electron chi connectivity index (χ2n) is 5.34. The van der Waals surface area contributed by atoms with E-state index in [0.717, 1.165) is 18.2 Å². The molecule has 0 aliphatic rings. The van der Waals surface area contributed by atoms with Gasteiger partial charge in [-0.1, -0.05) is 70.0 Å². The average molecular weight is 317 g/mol. The number of hydrogen-bond acceptors (Lipinski definition) is 0. The number of aryl methyl sites for hydroxylation is 2. The van der Waals surface area contributed by atoms with Crippen molar-refractivity contribution in [1.29, 1.82) is 0 Å². The minimum Gasteiger partial charge on any atom is -0.0925 e. The molecule has 0 aliphatic heterocycles. The van der Waals surface area contributed by atoms with Crippen LogP contribution in [-0.2, 0) is 12.8 Å². The van der Waals surface area contributed by atoms with Crippen LogP contribution in [0.2, 0.25) is 0 Å². The summed E-state index contributed by atoms with van der Waals surface area (Å²) >= 11 is 3.67. The molecule has 2 aromatic rings. The summed E-state index contributed by atoms with van der Waals surface area (Å²) in [6.07, 6.45) is 2.28. The third kappa shape index (κ3) is 4.21. The normalized spacial score (nSPS) is 12.4. The Morgan fingerprint density at radius 1 is 0.947 bits per heavy atom. The summed E-state index contributed by atoms with van der Waals surface area (Å²) < 4.78 is 0. The van der Waals surface area contributed by atoms with Gasteiger partial charge in [0.15, 0.2) is 0 Å². The molecule has 0 saturated heterocycles. The maximum Gasteiger partial charge on any atom is 0.00660 e. The molecule has 1 atom stereocenters. The minimum atomic E-state index is 0.655. The predicted molar refractivity (Wildman–Crippen MR) is 87.1 cm³/mol. The summed E-state index contributed by atoms with van der Waals surface area (Å²) in [5, 5.41) is 1.05. The second kappa shape index (κ2) is 6.91. The maximum atomic E-state index is 3.67. The molecule has 19 heavy (non-hydrogen) atoms. The molecule has 0 amide bonds. The molecule has 0 N–H and O–H groups in total. The molecule has 0 heterocycles. The van der Waals surface area contributed by atoms with Crippen molar-refractivity contribution in [1.82, 2.24) is 0 Å². The maximum absolute atomic E-state index is 3.67. The lowest BCUT2D eigenvalue weighted by molar-refractivity contribution is 0.589. The fourth-order valence-electron chi connectivity index (χ4n) is 2.46. The van der Waals surface area contributed by atoms with Gasteiger partial charge < -0.3 is 0 Å². The Balaban J connectivity index is 2.09. The molecule has 0 bridgehead atoms. The Kier molecular flexibility index (Phi) is 5.21. The highest BCUT2D eigenvalue weighted by molar-refractivity contribution is 9.09. The predicted octanol–water partition coefficient (Wildman–Crippen LogP) is 5.10. The topological polar surface area (TPSA) is 0 Å². The molecule has 0 saturated carbocycles. The van der Waals surface area contributed by atoms with Crippen LogP contribution in [0.25, 0.3) is 0 Å². The van der Waals surface area contributed by atoms with E-state index in [1.54, 1.807) is 0 Å². The van der Waals surface area contributed by atoms with E-state index < -0.39 is 0 Å². The zero-order chi connectivity index (χ0) is 13.7. The van der Waals surface area contributed by atoms with Crippen LogP contribution in [0.4, 0.5) is 0 Å². The first-order valence-electron chi connectivity index (χ1n) is 6.85. The van der Waals surface area contributed by atoms with Crippen LogP contribution in [0.15, 0.2) is 48.5 Å². The number of hydrogen-bond donors (Lipinski definition) is 0. The molecule has 0 fully saturated rings. The molecule has 0 aliphatic carbocycles. The van der Waals surface area contributed by atoms with Crippen LogP contribution >= 0.6 is 15.9 Å². The molecular formula is C18H21Br. The van der Waals surface area contributed by atoms with E-state index in [1.165, 1.54) is 22.3 Å². The van der Waals surface area contributed by atoms with E-state index in [1.807, 2.05) is 0 Å². The molecular weight excluding hydrogens is 296 g/mol. The average Bonchev–Trinajstić information content (AvgIpc) is 2.43. The van der Waals surface area contributed by atoms with Gasteiger partial charge in [0.25, 0.3) is 0 Å². The molecule has 1 heteroatoms. The Hall–Kier alpha value is -1.08. The highest BCUT2D eigenvalue weighted by atomic mass is 79.9. The van der Waals surface area contributed by atoms with Crippen molar-refractivity contribution < 1.29 is 0 Å². The summed E-state index contributed by atoms with van der Waals surface area (Å²) in [5.41, 5.74) is 5.68. The number of alkyl halides is 1. The van der Waals surface area contributed by atoms with Gasteiger partial charge in [0, 0.05) is 5.33 Å². The van der Waals surface area contributed by atoms with Crippen LogP contribution in [0.1, 0.15) is 22.3 Å². The number of benzene rings is 2. The van der Waals surface area contributed by atoms with Gasteiger partial charge in [-0.25, -0.2) is 0 Å². The van der Waals surface area contributed by atoms with E-state index in [0.29, 0.717) is 5.92 Å². The van der Waals surface area contributed by atoms with Crippen molar-refractivity contribution in [3.63, 3.8) is 0 Å². The van der Waals surface area contributed by atoms with Crippen molar-refractivity contribution in [3.8, 4) is 0 Å². The van der Waals surface area contributed by atoms with Crippen LogP contribution in [-0.4, -0.2) is 5.33 Å². The lowest BCUT2D eigenvalue weighted by atomic mass is 9.91. The standard InChI is InChI=1S/C18H21Br/c1-14-8-9-15(2)18(10-14)12-17(13-19)11-16-6-4-3-5-7-16/h3-10,17H,11-13H2,1-2H3. The van der Waals surface area contributed by atoms with Crippen molar-refractivity contribution >= 4 is 15.9 Å². The summed E-state index contributed by atoms with van der Waals surface area (Å²) in [7, 11) is 0. The fraction of sp³-hybridized carbons (Fsp3) is 0.333. The molecule has 2 rings (SSSR count). The monoisotopic (exact) mass is 316 g/mol. The van der Waals surface area contributed by atoms with Gasteiger partial charge in [0.1, 0.15) is 0 Å². The van der Waals surface area contributed by atoms with E-state index in [-0.39, 0.29) is 0 Å². The lowest BCUT2D eigenvalue weighted by Gasteiger charge is -2.16. The third-order valence-corrected chi connectivity index (χ3v) is 4.51. The minimum absolute atomic E-state index is 0.655. The Bertz CT molecular complexity index is 516. The second-order valence-corrected chi connectivity index (χ2v) is 5.99. The smallest absolute Gasteiger partial charge is 0.00660 e. The summed E-state index contributed by atoms with van der Waals surface area (Å²) in [4.78, 5) is 0. The number of rotatable bonds is 5. The zero-order valence-electron chi connectivity index (χ0n) is 11.7. The van der Waals surface area contributed by atoms with E-state index in [2.05, 4.69) is 78.3 Å². The highest BCUT2D eigenvalue weighted by Gasteiger charge is 2.11. The Morgan fingerprint density at radius 2 is 1.68 bits per heavy atom. The van der Waals surface area contributed by atoms with Gasteiger partial charge in [-0.2, -0.15) is 0 Å². The first-order valence-corrected chi connectivity index (χ1v) is 7.97. The zero-order valence-corrected chi connectivity index (χ0v) is 13.3. The van der Waals surface area contributed by atoms with Crippen molar-refractivity contribution in [2.75, 3.05) is 5.33 Å². The number of halogens is 1. The molecule has 0 aromatic heterocycles. The summed E-state index contributed by atoms with van der Waals surface area (Å²) in [5.74, 6) is 0.655. The Morgan fingerprint density at radius 3 is 2.37 bits per heavy atom. The molecule has 0 radical (unpaired) electrons. The van der Waals surface area contributed by atoms with Crippen molar-refractivity contribution in [2.24, 2.45) is 5.92 Å². The van der Waals surface area contributed by atoms with Gasteiger partial charge >= 0.3 is 0 Å². The molecule has 2 aromatic carbocycles. The highest BCUT2D eigenvalue weighted by Crippen LogP contribution is 2.20. The quantitative estimate of drug-likeness (QED) is 0.673. The van der Waals surface area contributed by atoms with Crippen molar-refractivity contribution in [2.45, 2.75) is 26.7 Å². The molecule has 1 unspecified atom stereocenters. The third-order valence-electron chi connectivity index (χ3n) is 3.60. The van der Waals surface area contributed by atoms with Crippen molar-refractivity contribution in [3.05, 3.63) is 70.8 Å². The first kappa shape index (κ1) is 14.3. The van der Waals surface area contributed by atoms with Crippen LogP contribution in [0, 0.1) is 19.8 Å². The van der Waals surface area contributed by atoms with Crippen LogP contribution < -0.4 is 0 Å². The largest absolute Gasteiger partial charge is 0.0925 e. The van der Waals surface area contributed by atoms with Gasteiger partial charge in [0.05, 0.1) is 0 Å². The lowest BCUT2D eigenvalue weighted by Crippen LogP contribution is -2.11. The van der Waals surface area contributed by atoms with Crippen LogP contribution in [0.3, 0.4) is 0 Å². The van der Waals surface area contributed by atoms with E-state index in [4.69, 9.17) is 0 Å². The fourth-order valence-corrected chi connectivity index (χ4v) is 2.92. The molecule has 100 valence electrons. The van der Waals surface area contributed by atoms with Crippen LogP contribution in [0.5, 0.6) is 0 Å². The summed E-state index contributed by atoms with van der Waals surface area (Å²) in [6.45, 7) is 4.38. The van der Waals surface area contributed by atoms with Gasteiger partial charge in [-0.3, -0.25) is 0 Å². The first-order chi connectivity index (χ1) is 9.19. The SMILES string of the molecule is Cc1ccc(C)c(CC(CBr)Cc2ccccc2)c1. The summed E-state index contributed by atoms with van der Waals surface area (Å²) in [6, 6.07) is 17.5. The van der Waals surface area contributed by atoms with Gasteiger partial charge in [-0.05, 0) is 49.3 Å². The van der Waals surface area contributed by atoms with E-state index >= 15 is 0 Å².